The van der Waals surface area contributed by atoms with Crippen molar-refractivity contribution < 1.29 is 4.79 Å². The minimum absolute atomic E-state index is 0.0156. The lowest BCUT2D eigenvalue weighted by atomic mass is 9.68. The van der Waals surface area contributed by atoms with Crippen molar-refractivity contribution in [1.29, 1.82) is 0 Å². The van der Waals surface area contributed by atoms with E-state index in [9.17, 15) is 4.79 Å². The van der Waals surface area contributed by atoms with Crippen molar-refractivity contribution in [3.8, 4) is 0 Å². The maximum atomic E-state index is 12.4. The molecule has 0 heterocycles. The molecule has 1 aliphatic rings. The van der Waals surface area contributed by atoms with E-state index in [-0.39, 0.29) is 11.9 Å². The molecular formula is C13H25N3OS. The fourth-order valence-electron chi connectivity index (χ4n) is 2.24. The molecule has 1 unspecified atom stereocenters. The lowest BCUT2D eigenvalue weighted by Gasteiger charge is -2.40. The highest BCUT2D eigenvalue weighted by Crippen LogP contribution is 2.41. The van der Waals surface area contributed by atoms with E-state index in [1.54, 1.807) is 0 Å². The van der Waals surface area contributed by atoms with Gasteiger partial charge in [0, 0.05) is 12.6 Å². The van der Waals surface area contributed by atoms with Gasteiger partial charge in [0.1, 0.15) is 0 Å². The van der Waals surface area contributed by atoms with Crippen LogP contribution in [0.2, 0.25) is 0 Å². The second kappa shape index (κ2) is 5.97. The normalized spacial score (nSPS) is 19.4. The lowest BCUT2D eigenvalue weighted by Crippen LogP contribution is -2.57. The van der Waals surface area contributed by atoms with Crippen LogP contribution in [0.1, 0.15) is 33.1 Å². The van der Waals surface area contributed by atoms with E-state index in [1.165, 1.54) is 0 Å². The molecule has 0 bridgehead atoms. The molecule has 0 saturated heterocycles. The van der Waals surface area contributed by atoms with Gasteiger partial charge in [0.25, 0.3) is 0 Å². The second-order valence-corrected chi connectivity index (χ2v) is 6.33. The van der Waals surface area contributed by atoms with E-state index in [4.69, 9.17) is 18.0 Å². The summed E-state index contributed by atoms with van der Waals surface area (Å²) in [5, 5.41) is 3.12. The first kappa shape index (κ1) is 15.4. The highest BCUT2D eigenvalue weighted by atomic mass is 32.1. The Balaban J connectivity index is 2.69. The number of hydrogen-bond acceptors (Lipinski definition) is 3. The Kier molecular flexibility index (Phi) is 5.10. The van der Waals surface area contributed by atoms with Gasteiger partial charge in [-0.15, -0.1) is 0 Å². The molecule has 1 rings (SSSR count). The van der Waals surface area contributed by atoms with Gasteiger partial charge in [0.05, 0.1) is 10.4 Å². The van der Waals surface area contributed by atoms with E-state index < -0.39 is 5.41 Å². The molecule has 3 N–H and O–H groups in total. The zero-order chi connectivity index (χ0) is 13.9. The van der Waals surface area contributed by atoms with Crippen molar-refractivity contribution in [1.82, 2.24) is 10.2 Å². The van der Waals surface area contributed by atoms with E-state index >= 15 is 0 Å². The summed E-state index contributed by atoms with van der Waals surface area (Å²) in [5.74, 6) is 0.404. The monoisotopic (exact) mass is 271 g/mol. The average Bonchev–Trinajstić information content (AvgIpc) is 2.12. The third-order valence-electron chi connectivity index (χ3n) is 3.80. The number of nitrogens with zero attached hydrogens (tertiary/aromatic N) is 1. The van der Waals surface area contributed by atoms with E-state index in [0.29, 0.717) is 10.9 Å². The molecular weight excluding hydrogens is 246 g/mol. The number of amides is 1. The molecule has 1 atom stereocenters. The fraction of sp³-hybridized carbons (Fsp3) is 0.846. The van der Waals surface area contributed by atoms with Crippen molar-refractivity contribution in [2.45, 2.75) is 39.2 Å². The summed E-state index contributed by atoms with van der Waals surface area (Å²) in [6.45, 7) is 5.06. The molecule has 18 heavy (non-hydrogen) atoms. The molecule has 0 radical (unpaired) electrons. The first-order chi connectivity index (χ1) is 8.29. The van der Waals surface area contributed by atoms with Crippen LogP contribution in [-0.4, -0.2) is 42.5 Å². The highest BCUT2D eigenvalue weighted by molar-refractivity contribution is 7.80. The molecule has 4 nitrogen and oxygen atoms in total. The second-order valence-electron chi connectivity index (χ2n) is 5.89. The number of rotatable bonds is 6. The summed E-state index contributed by atoms with van der Waals surface area (Å²) in [7, 11) is 4.02. The molecule has 1 saturated carbocycles. The van der Waals surface area contributed by atoms with Crippen LogP contribution in [0.5, 0.6) is 0 Å². The van der Waals surface area contributed by atoms with Crippen LogP contribution < -0.4 is 11.1 Å². The van der Waals surface area contributed by atoms with Crippen LogP contribution in [0, 0.1) is 11.3 Å². The van der Waals surface area contributed by atoms with Crippen LogP contribution in [-0.2, 0) is 4.79 Å². The van der Waals surface area contributed by atoms with Crippen LogP contribution in [0.4, 0.5) is 0 Å². The standard InChI is InChI=1S/C13H25N3OS/c1-9(2)10(8-16(3)4)15-12(17)13(11(14)18)6-5-7-13/h9-10H,5-8H2,1-4H3,(H2,14,18)(H,15,17). The van der Waals surface area contributed by atoms with Gasteiger partial charge in [-0.1, -0.05) is 32.5 Å². The van der Waals surface area contributed by atoms with E-state index in [0.717, 1.165) is 25.8 Å². The number of thiocarbonyl (C=S) groups is 1. The predicted molar refractivity (Wildman–Crippen MR) is 78.4 cm³/mol. The minimum Gasteiger partial charge on any atom is -0.392 e. The fourth-order valence-corrected chi connectivity index (χ4v) is 2.54. The zero-order valence-corrected chi connectivity index (χ0v) is 12.6. The number of nitrogens with two attached hydrogens (primary N) is 1. The van der Waals surface area contributed by atoms with Crippen LogP contribution in [0.15, 0.2) is 0 Å². The smallest absolute Gasteiger partial charge is 0.233 e. The van der Waals surface area contributed by atoms with Crippen molar-refractivity contribution in [3.05, 3.63) is 0 Å². The summed E-state index contributed by atoms with van der Waals surface area (Å²) in [6.07, 6.45) is 2.62. The number of hydrogen-bond donors (Lipinski definition) is 2. The Labute approximate surface area is 115 Å². The van der Waals surface area contributed by atoms with Crippen LogP contribution in [0.25, 0.3) is 0 Å². The third kappa shape index (κ3) is 3.20. The predicted octanol–water partition coefficient (Wildman–Crippen LogP) is 1.15. The Morgan fingerprint density at radius 3 is 2.28 bits per heavy atom. The summed E-state index contributed by atoms with van der Waals surface area (Å²) < 4.78 is 0. The SMILES string of the molecule is CC(C)C(CN(C)C)NC(=O)C1(C(N)=S)CCC1. The molecule has 0 aromatic rings. The molecule has 0 spiro atoms. The summed E-state index contributed by atoms with van der Waals surface area (Å²) >= 11 is 5.07. The minimum atomic E-state index is -0.575. The lowest BCUT2D eigenvalue weighted by molar-refractivity contribution is -0.132. The largest absolute Gasteiger partial charge is 0.392 e. The highest BCUT2D eigenvalue weighted by Gasteiger charge is 2.47. The van der Waals surface area contributed by atoms with Crippen LogP contribution in [0.3, 0.4) is 0 Å². The summed E-state index contributed by atoms with van der Waals surface area (Å²) in [6, 6.07) is 0.138. The van der Waals surface area contributed by atoms with Crippen LogP contribution >= 0.6 is 12.2 Å². The van der Waals surface area contributed by atoms with Gasteiger partial charge in [-0.05, 0) is 32.9 Å². The van der Waals surface area contributed by atoms with Gasteiger partial charge < -0.3 is 16.0 Å². The van der Waals surface area contributed by atoms with Crippen molar-refractivity contribution in [2.24, 2.45) is 17.1 Å². The quantitative estimate of drug-likeness (QED) is 0.712. The van der Waals surface area contributed by atoms with E-state index in [1.807, 2.05) is 14.1 Å². The molecule has 5 heteroatoms. The van der Waals surface area contributed by atoms with Gasteiger partial charge >= 0.3 is 0 Å². The Morgan fingerprint density at radius 1 is 1.44 bits per heavy atom. The third-order valence-corrected chi connectivity index (χ3v) is 4.19. The van der Waals surface area contributed by atoms with Crippen molar-refractivity contribution in [3.63, 3.8) is 0 Å². The van der Waals surface area contributed by atoms with Gasteiger partial charge in [0.15, 0.2) is 0 Å². The maximum Gasteiger partial charge on any atom is 0.233 e. The van der Waals surface area contributed by atoms with Crippen molar-refractivity contribution >= 4 is 23.1 Å². The Hall–Kier alpha value is -0.680. The molecule has 0 aliphatic heterocycles. The Morgan fingerprint density at radius 2 is 2.00 bits per heavy atom. The molecule has 104 valence electrons. The maximum absolute atomic E-state index is 12.4. The Bertz CT molecular complexity index is 324. The number of likely N-dealkylation sites (N-methyl/N-ethyl adjacent to an activating group) is 1. The van der Waals surface area contributed by atoms with Gasteiger partial charge in [-0.3, -0.25) is 4.79 Å². The average molecular weight is 271 g/mol. The summed E-state index contributed by atoms with van der Waals surface area (Å²) in [5.41, 5.74) is 5.17. The van der Waals surface area contributed by atoms with E-state index in [2.05, 4.69) is 24.1 Å². The molecule has 1 amide bonds. The van der Waals surface area contributed by atoms with Gasteiger partial charge in [-0.2, -0.15) is 0 Å². The molecule has 0 aromatic carbocycles. The first-order valence-electron chi connectivity index (χ1n) is 6.55. The molecule has 1 aliphatic carbocycles. The molecule has 1 fully saturated rings. The number of carbonyl (C=O) groups is 1. The van der Waals surface area contributed by atoms with Gasteiger partial charge in [-0.25, -0.2) is 0 Å². The number of nitrogens with one attached hydrogen (secondary N) is 1. The first-order valence-corrected chi connectivity index (χ1v) is 6.96. The molecule has 0 aromatic heterocycles. The topological polar surface area (TPSA) is 58.4 Å². The summed E-state index contributed by atoms with van der Waals surface area (Å²) in [4.78, 5) is 14.8. The number of carbonyl (C=O) groups excluding carboxylic acids is 1. The van der Waals surface area contributed by atoms with Crippen molar-refractivity contribution in [2.75, 3.05) is 20.6 Å². The van der Waals surface area contributed by atoms with Gasteiger partial charge in [0.2, 0.25) is 5.91 Å². The zero-order valence-electron chi connectivity index (χ0n) is 11.8.